The van der Waals surface area contributed by atoms with Gasteiger partial charge in [-0.25, -0.2) is 0 Å². The van der Waals surface area contributed by atoms with E-state index in [9.17, 15) is 18.3 Å². The Hall–Kier alpha value is -0.330. The van der Waals surface area contributed by atoms with Gasteiger partial charge >= 0.3 is 6.18 Å². The molecule has 0 amide bonds. The number of halogens is 3. The van der Waals surface area contributed by atoms with E-state index in [1.165, 1.54) is 0 Å². The average molecular weight is 282 g/mol. The van der Waals surface area contributed by atoms with Crippen molar-refractivity contribution in [1.82, 2.24) is 4.90 Å². The average Bonchev–Trinajstić information content (AvgIpc) is 2.38. The van der Waals surface area contributed by atoms with Gasteiger partial charge < -0.3 is 15.7 Å². The molecule has 114 valence electrons. The van der Waals surface area contributed by atoms with Crippen LogP contribution in [-0.2, 0) is 0 Å². The van der Waals surface area contributed by atoms with Crippen molar-refractivity contribution >= 4 is 0 Å². The van der Waals surface area contributed by atoms with E-state index in [0.717, 1.165) is 13.0 Å². The fraction of sp³-hybridized carbons (Fsp3) is 1.00. The Labute approximate surface area is 113 Å². The second kappa shape index (κ2) is 6.90. The van der Waals surface area contributed by atoms with Crippen LogP contribution in [0.4, 0.5) is 13.2 Å². The summed E-state index contributed by atoms with van der Waals surface area (Å²) < 4.78 is 37.5. The smallest absolute Gasteiger partial charge is 0.391 e. The van der Waals surface area contributed by atoms with Gasteiger partial charge in [-0.3, -0.25) is 0 Å². The molecule has 1 saturated heterocycles. The lowest BCUT2D eigenvalue weighted by Gasteiger charge is -2.33. The second-order valence-corrected chi connectivity index (χ2v) is 5.64. The summed E-state index contributed by atoms with van der Waals surface area (Å²) >= 11 is 0. The van der Waals surface area contributed by atoms with Gasteiger partial charge in [0, 0.05) is 5.54 Å². The highest BCUT2D eigenvalue weighted by atomic mass is 19.4. The first kappa shape index (κ1) is 16.7. The maximum atomic E-state index is 12.5. The van der Waals surface area contributed by atoms with Gasteiger partial charge in [-0.1, -0.05) is 6.92 Å². The number of aliphatic hydroxyl groups is 1. The zero-order valence-corrected chi connectivity index (χ0v) is 11.5. The maximum absolute atomic E-state index is 12.5. The fourth-order valence-electron chi connectivity index (χ4n) is 2.51. The summed E-state index contributed by atoms with van der Waals surface area (Å²) in [5.74, 6) is -1.13. The van der Waals surface area contributed by atoms with E-state index in [2.05, 4.69) is 4.90 Å². The number of rotatable bonds is 6. The summed E-state index contributed by atoms with van der Waals surface area (Å²) in [4.78, 5) is 2.07. The Morgan fingerprint density at radius 3 is 2.26 bits per heavy atom. The topological polar surface area (TPSA) is 49.5 Å². The van der Waals surface area contributed by atoms with Crippen LogP contribution >= 0.6 is 0 Å². The molecule has 0 aromatic carbocycles. The van der Waals surface area contributed by atoms with Gasteiger partial charge in [0.05, 0.1) is 12.5 Å². The molecule has 0 bridgehead atoms. The van der Waals surface area contributed by atoms with Gasteiger partial charge in [-0.15, -0.1) is 0 Å². The largest absolute Gasteiger partial charge is 0.394 e. The van der Waals surface area contributed by atoms with Gasteiger partial charge in [0.15, 0.2) is 0 Å². The molecule has 0 aromatic heterocycles. The Balaban J connectivity index is 2.23. The van der Waals surface area contributed by atoms with E-state index >= 15 is 0 Å². The quantitative estimate of drug-likeness (QED) is 0.785. The molecule has 1 heterocycles. The molecule has 1 aliphatic heterocycles. The number of hydrogen-bond acceptors (Lipinski definition) is 3. The van der Waals surface area contributed by atoms with Crippen LogP contribution in [0.25, 0.3) is 0 Å². The predicted octanol–water partition coefficient (Wildman–Crippen LogP) is 2.14. The third-order valence-corrected chi connectivity index (χ3v) is 4.22. The summed E-state index contributed by atoms with van der Waals surface area (Å²) in [6, 6.07) is 0. The minimum atomic E-state index is -4.04. The van der Waals surface area contributed by atoms with Crippen LogP contribution in [0.3, 0.4) is 0 Å². The number of likely N-dealkylation sites (tertiary alicyclic amines) is 1. The molecule has 1 fully saturated rings. The number of alkyl halides is 3. The number of aliphatic hydroxyl groups excluding tert-OH is 1. The zero-order valence-electron chi connectivity index (χ0n) is 11.5. The van der Waals surface area contributed by atoms with Crippen molar-refractivity contribution in [2.24, 2.45) is 11.7 Å². The number of hydrogen-bond donors (Lipinski definition) is 2. The molecule has 6 heteroatoms. The van der Waals surface area contributed by atoms with E-state index in [1.54, 1.807) is 0 Å². The first-order chi connectivity index (χ1) is 8.80. The molecule has 3 N–H and O–H groups in total. The van der Waals surface area contributed by atoms with Crippen LogP contribution in [0.2, 0.25) is 0 Å². The third-order valence-electron chi connectivity index (χ3n) is 4.22. The maximum Gasteiger partial charge on any atom is 0.391 e. The molecule has 0 aliphatic carbocycles. The molecule has 0 radical (unpaired) electrons. The normalized spacial score (nSPS) is 22.4. The highest BCUT2D eigenvalue weighted by Crippen LogP contribution is 2.34. The molecule has 1 rings (SSSR count). The number of nitrogens with zero attached hydrogens (tertiary/aromatic N) is 1. The predicted molar refractivity (Wildman–Crippen MR) is 68.7 cm³/mol. The molecule has 1 atom stereocenters. The molecule has 1 unspecified atom stereocenters. The highest BCUT2D eigenvalue weighted by Gasteiger charge is 2.40. The molecule has 3 nitrogen and oxygen atoms in total. The van der Waals surface area contributed by atoms with E-state index < -0.39 is 17.6 Å². The van der Waals surface area contributed by atoms with Gasteiger partial charge in [-0.2, -0.15) is 13.2 Å². The van der Waals surface area contributed by atoms with Crippen molar-refractivity contribution < 1.29 is 18.3 Å². The Kier molecular flexibility index (Phi) is 6.08. The van der Waals surface area contributed by atoms with Gasteiger partial charge in [0.2, 0.25) is 0 Å². The lowest BCUT2D eigenvalue weighted by Crippen LogP contribution is -2.44. The summed E-state index contributed by atoms with van der Waals surface area (Å²) in [7, 11) is 0. The van der Waals surface area contributed by atoms with Gasteiger partial charge in [0.1, 0.15) is 0 Å². The van der Waals surface area contributed by atoms with Crippen LogP contribution in [0.15, 0.2) is 0 Å². The van der Waals surface area contributed by atoms with E-state index in [4.69, 9.17) is 5.73 Å². The first-order valence-electron chi connectivity index (χ1n) is 6.99. The fourth-order valence-corrected chi connectivity index (χ4v) is 2.51. The Bertz CT molecular complexity index is 259. The van der Waals surface area contributed by atoms with Crippen molar-refractivity contribution in [3.8, 4) is 0 Å². The van der Waals surface area contributed by atoms with Crippen molar-refractivity contribution in [2.75, 3.05) is 26.2 Å². The van der Waals surface area contributed by atoms with Crippen LogP contribution in [-0.4, -0.2) is 48.0 Å². The third kappa shape index (κ3) is 5.28. The van der Waals surface area contributed by atoms with Crippen molar-refractivity contribution in [3.05, 3.63) is 0 Å². The van der Waals surface area contributed by atoms with E-state index in [1.807, 2.05) is 6.92 Å². The lowest BCUT2D eigenvalue weighted by atomic mass is 9.92. The van der Waals surface area contributed by atoms with Gasteiger partial charge in [0.25, 0.3) is 0 Å². The Morgan fingerprint density at radius 1 is 1.26 bits per heavy atom. The molecular weight excluding hydrogens is 257 g/mol. The molecular formula is C13H25F3N2O. The van der Waals surface area contributed by atoms with E-state index in [0.29, 0.717) is 25.9 Å². The van der Waals surface area contributed by atoms with Crippen LogP contribution in [0.5, 0.6) is 0 Å². The minimum absolute atomic E-state index is 0.0420. The lowest BCUT2D eigenvalue weighted by molar-refractivity contribution is -0.185. The second-order valence-electron chi connectivity index (χ2n) is 5.64. The van der Waals surface area contributed by atoms with Crippen LogP contribution in [0, 0.1) is 5.92 Å². The van der Waals surface area contributed by atoms with Crippen molar-refractivity contribution in [1.29, 1.82) is 0 Å². The van der Waals surface area contributed by atoms with Crippen LogP contribution in [0.1, 0.15) is 39.0 Å². The highest BCUT2D eigenvalue weighted by molar-refractivity contribution is 4.83. The summed E-state index contributed by atoms with van der Waals surface area (Å²) in [5, 5.41) is 9.18. The zero-order chi connectivity index (χ0) is 14.5. The molecule has 0 spiro atoms. The molecule has 19 heavy (non-hydrogen) atoms. The summed E-state index contributed by atoms with van der Waals surface area (Å²) in [5.41, 5.74) is 5.44. The molecule has 1 aliphatic rings. The Morgan fingerprint density at radius 2 is 1.84 bits per heavy atom. The molecule has 0 saturated carbocycles. The number of nitrogens with two attached hydrogens (primary N) is 1. The number of piperidine rings is 1. The van der Waals surface area contributed by atoms with Crippen molar-refractivity contribution in [3.63, 3.8) is 0 Å². The minimum Gasteiger partial charge on any atom is -0.394 e. The summed E-state index contributed by atoms with van der Waals surface area (Å²) in [6.07, 6.45) is -1.41. The summed E-state index contributed by atoms with van der Waals surface area (Å²) in [6.45, 7) is 3.67. The standard InChI is InChI=1S/C13H25F3N2O/c1-2-12(17,10-19)6-3-7-18-8-4-11(5-9-18)13(14,15)16/h11,19H,2-10,17H2,1H3. The first-order valence-corrected chi connectivity index (χ1v) is 6.99. The SMILES string of the molecule is CCC(N)(CO)CCCN1CCC(C(F)(F)F)CC1. The van der Waals surface area contributed by atoms with Gasteiger partial charge in [-0.05, 0) is 51.7 Å². The van der Waals surface area contributed by atoms with Crippen molar-refractivity contribution in [2.45, 2.75) is 50.7 Å². The monoisotopic (exact) mass is 282 g/mol. The van der Waals surface area contributed by atoms with Crippen LogP contribution < -0.4 is 5.73 Å². The van der Waals surface area contributed by atoms with E-state index in [-0.39, 0.29) is 19.4 Å². The molecule has 0 aromatic rings.